The average molecular weight is 736 g/mol. The van der Waals surface area contributed by atoms with E-state index in [1.807, 2.05) is 37.3 Å². The van der Waals surface area contributed by atoms with Crippen LogP contribution in [0.15, 0.2) is 60.7 Å². The first-order chi connectivity index (χ1) is 25.0. The van der Waals surface area contributed by atoms with Gasteiger partial charge < -0.3 is 30.4 Å². The number of aryl methyl sites for hydroxylation is 1. The molecular formula is C39H44F3N5O6. The Morgan fingerprint density at radius 2 is 1.64 bits per heavy atom. The molecule has 0 aliphatic heterocycles. The van der Waals surface area contributed by atoms with Crippen molar-refractivity contribution in [3.05, 3.63) is 83.2 Å². The summed E-state index contributed by atoms with van der Waals surface area (Å²) in [6.07, 6.45) is -2.46. The van der Waals surface area contributed by atoms with Crippen LogP contribution in [0, 0.1) is 18.8 Å². The second kappa shape index (κ2) is 16.1. The summed E-state index contributed by atoms with van der Waals surface area (Å²) in [5.74, 6) is -2.56. The number of rotatable bonds is 10. The van der Waals surface area contributed by atoms with Crippen molar-refractivity contribution in [2.45, 2.75) is 77.6 Å². The number of fused-ring (bicyclic) bond motifs is 1. The molecular weight excluding hydrogens is 691 g/mol. The first-order valence-corrected chi connectivity index (χ1v) is 17.4. The van der Waals surface area contributed by atoms with Gasteiger partial charge in [-0.3, -0.25) is 9.59 Å². The van der Waals surface area contributed by atoms with Gasteiger partial charge in [0, 0.05) is 24.6 Å². The Labute approximate surface area is 305 Å². The monoisotopic (exact) mass is 735 g/mol. The smallest absolute Gasteiger partial charge is 0.449 e. The number of benzene rings is 3. The van der Waals surface area contributed by atoms with Crippen molar-refractivity contribution in [2.24, 2.45) is 11.8 Å². The van der Waals surface area contributed by atoms with E-state index in [-0.39, 0.29) is 40.9 Å². The maximum Gasteiger partial charge on any atom is 0.449 e. The predicted octanol–water partition coefficient (Wildman–Crippen LogP) is 7.34. The normalized spacial score (nSPS) is 16.8. The molecule has 0 unspecified atom stereocenters. The van der Waals surface area contributed by atoms with E-state index in [0.29, 0.717) is 37.8 Å². The largest absolute Gasteiger partial charge is 0.465 e. The molecule has 3 amide bonds. The summed E-state index contributed by atoms with van der Waals surface area (Å²) in [6, 6.07) is 16.0. The number of hydrogen-bond acceptors (Lipinski definition) is 7. The van der Waals surface area contributed by atoms with Gasteiger partial charge in [-0.2, -0.15) is 13.2 Å². The van der Waals surface area contributed by atoms with E-state index in [9.17, 15) is 32.3 Å². The molecule has 1 aliphatic rings. The summed E-state index contributed by atoms with van der Waals surface area (Å²) in [5, 5.41) is 8.49. The van der Waals surface area contributed by atoms with E-state index in [1.165, 1.54) is 25.3 Å². The lowest BCUT2D eigenvalue weighted by Crippen LogP contribution is -2.48. The third kappa shape index (κ3) is 10.4. The van der Waals surface area contributed by atoms with Crippen LogP contribution >= 0.6 is 0 Å². The maximum atomic E-state index is 13.8. The highest BCUT2D eigenvalue weighted by Crippen LogP contribution is 2.31. The number of ether oxygens (including phenoxy) is 2. The molecule has 5 rings (SSSR count). The van der Waals surface area contributed by atoms with Gasteiger partial charge in [-0.05, 0) is 112 Å². The first kappa shape index (κ1) is 38.8. The van der Waals surface area contributed by atoms with E-state index >= 15 is 0 Å². The Kier molecular flexibility index (Phi) is 11.8. The summed E-state index contributed by atoms with van der Waals surface area (Å²) >= 11 is 0. The van der Waals surface area contributed by atoms with Gasteiger partial charge in [0.25, 0.3) is 0 Å². The van der Waals surface area contributed by atoms with Crippen LogP contribution in [0.25, 0.3) is 22.2 Å². The van der Waals surface area contributed by atoms with E-state index < -0.39 is 41.6 Å². The Hall–Kier alpha value is -5.40. The average Bonchev–Trinajstić information content (AvgIpc) is 3.54. The number of alkyl halides is 3. The standard InChI is InChI=1S/C39H44F3N5O6/c1-22-18-27(35(50)52-5)14-16-29(22)25-10-6-23(7-11-25)19-32(34(49)44-28-15-17-30-31(20-28)47-36(46-30)39(40,41)42)45-33(48)26-12-8-24(9-13-26)21-43-37(51)53-38(2,3)4/h6-7,10-11,14-18,20,24,26,32H,8-9,12-13,19,21H2,1-5H3,(H,43,51)(H,44,49)(H,45,48)(H,46,47)/t24?,26?,32-/m0/s1. The number of aromatic amines is 1. The van der Waals surface area contributed by atoms with Crippen molar-refractivity contribution in [3.8, 4) is 11.1 Å². The fourth-order valence-electron chi connectivity index (χ4n) is 6.41. The lowest BCUT2D eigenvalue weighted by molar-refractivity contribution is -0.144. The lowest BCUT2D eigenvalue weighted by atomic mass is 9.81. The molecule has 11 nitrogen and oxygen atoms in total. The van der Waals surface area contributed by atoms with E-state index in [1.54, 1.807) is 32.9 Å². The van der Waals surface area contributed by atoms with E-state index in [2.05, 4.69) is 25.9 Å². The highest BCUT2D eigenvalue weighted by Gasteiger charge is 2.35. The zero-order valence-electron chi connectivity index (χ0n) is 30.3. The minimum atomic E-state index is -4.66. The summed E-state index contributed by atoms with van der Waals surface area (Å²) < 4.78 is 49.8. The molecule has 1 aromatic heterocycles. The molecule has 3 aromatic carbocycles. The van der Waals surface area contributed by atoms with Crippen molar-refractivity contribution in [3.63, 3.8) is 0 Å². The van der Waals surface area contributed by atoms with Crippen LogP contribution in [0.1, 0.15) is 73.8 Å². The van der Waals surface area contributed by atoms with Gasteiger partial charge in [0.15, 0.2) is 0 Å². The van der Waals surface area contributed by atoms with Gasteiger partial charge in [0.2, 0.25) is 17.6 Å². The van der Waals surface area contributed by atoms with Crippen LogP contribution in [0.4, 0.5) is 23.7 Å². The number of hydrogen-bond donors (Lipinski definition) is 4. The Morgan fingerprint density at radius 1 is 0.943 bits per heavy atom. The molecule has 1 heterocycles. The molecule has 0 radical (unpaired) electrons. The van der Waals surface area contributed by atoms with Crippen molar-refractivity contribution < 1.29 is 41.8 Å². The van der Waals surface area contributed by atoms with Crippen LogP contribution in [-0.2, 0) is 31.7 Å². The van der Waals surface area contributed by atoms with Crippen LogP contribution in [0.2, 0.25) is 0 Å². The van der Waals surface area contributed by atoms with Crippen LogP contribution in [0.3, 0.4) is 0 Å². The maximum absolute atomic E-state index is 13.8. The highest BCUT2D eigenvalue weighted by atomic mass is 19.4. The molecule has 53 heavy (non-hydrogen) atoms. The molecule has 0 saturated heterocycles. The quantitative estimate of drug-likeness (QED) is 0.124. The first-order valence-electron chi connectivity index (χ1n) is 17.4. The molecule has 4 N–H and O–H groups in total. The molecule has 4 aromatic rings. The third-order valence-corrected chi connectivity index (χ3v) is 9.15. The van der Waals surface area contributed by atoms with Gasteiger partial charge in [-0.1, -0.05) is 30.3 Å². The summed E-state index contributed by atoms with van der Waals surface area (Å²) in [7, 11) is 1.32. The van der Waals surface area contributed by atoms with Gasteiger partial charge in [-0.25, -0.2) is 14.6 Å². The minimum absolute atomic E-state index is 0.0901. The van der Waals surface area contributed by atoms with Crippen LogP contribution < -0.4 is 16.0 Å². The number of nitrogens with one attached hydrogen (secondary N) is 4. The topological polar surface area (TPSA) is 152 Å². The second-order valence-corrected chi connectivity index (χ2v) is 14.4. The number of anilines is 1. The van der Waals surface area contributed by atoms with Crippen LogP contribution in [-0.4, -0.2) is 59.1 Å². The predicted molar refractivity (Wildman–Crippen MR) is 193 cm³/mol. The van der Waals surface area contributed by atoms with Crippen molar-refractivity contribution in [1.82, 2.24) is 20.6 Å². The molecule has 0 bridgehead atoms. The Morgan fingerprint density at radius 3 is 2.26 bits per heavy atom. The number of halogens is 3. The second-order valence-electron chi connectivity index (χ2n) is 14.4. The number of carbonyl (C=O) groups is 4. The minimum Gasteiger partial charge on any atom is -0.465 e. The summed E-state index contributed by atoms with van der Waals surface area (Å²) in [4.78, 5) is 57.2. The SMILES string of the molecule is COC(=O)c1ccc(-c2ccc(C[C@H](NC(=O)C3CCC(CNC(=O)OC(C)(C)C)CC3)C(=O)Nc3ccc4nc(C(F)(F)F)[nH]c4c3)cc2)c(C)c1. The lowest BCUT2D eigenvalue weighted by Gasteiger charge is -2.29. The molecule has 0 spiro atoms. The molecule has 1 atom stereocenters. The fourth-order valence-corrected chi connectivity index (χ4v) is 6.41. The number of alkyl carbamates (subject to hydrolysis) is 1. The fraction of sp³-hybridized carbons (Fsp3) is 0.410. The number of imidazole rings is 1. The summed E-state index contributed by atoms with van der Waals surface area (Å²) in [6.45, 7) is 7.70. The highest BCUT2D eigenvalue weighted by molar-refractivity contribution is 5.99. The number of nitrogens with zero attached hydrogens (tertiary/aromatic N) is 1. The van der Waals surface area contributed by atoms with Crippen molar-refractivity contribution in [2.75, 3.05) is 19.0 Å². The van der Waals surface area contributed by atoms with Gasteiger partial charge in [-0.15, -0.1) is 0 Å². The van der Waals surface area contributed by atoms with E-state index in [4.69, 9.17) is 9.47 Å². The molecule has 14 heteroatoms. The van der Waals surface area contributed by atoms with Crippen LogP contribution in [0.5, 0.6) is 0 Å². The number of methoxy groups -OCH3 is 1. The number of H-pyrrole nitrogens is 1. The Balaban J connectivity index is 1.29. The number of esters is 1. The van der Waals surface area contributed by atoms with Gasteiger partial charge in [0.1, 0.15) is 11.6 Å². The number of aromatic nitrogens is 2. The number of carbonyl (C=O) groups excluding carboxylic acids is 4. The van der Waals surface area contributed by atoms with Crippen molar-refractivity contribution >= 4 is 40.6 Å². The number of amides is 3. The molecule has 282 valence electrons. The summed E-state index contributed by atoms with van der Waals surface area (Å²) in [5.41, 5.74) is 3.68. The third-order valence-electron chi connectivity index (χ3n) is 9.15. The zero-order chi connectivity index (χ0) is 38.5. The molecule has 1 fully saturated rings. The zero-order valence-corrected chi connectivity index (χ0v) is 30.3. The Bertz CT molecular complexity index is 1960. The van der Waals surface area contributed by atoms with Gasteiger partial charge in [0.05, 0.1) is 23.7 Å². The van der Waals surface area contributed by atoms with E-state index in [0.717, 1.165) is 22.3 Å². The molecule has 1 saturated carbocycles. The van der Waals surface area contributed by atoms with Crippen molar-refractivity contribution in [1.29, 1.82) is 0 Å². The van der Waals surface area contributed by atoms with Gasteiger partial charge >= 0.3 is 18.2 Å². The molecule has 1 aliphatic carbocycles.